The van der Waals surface area contributed by atoms with Gasteiger partial charge in [-0.2, -0.15) is 0 Å². The highest BCUT2D eigenvalue weighted by Crippen LogP contribution is 2.35. The fraction of sp³-hybridized carbons (Fsp3) is 0.720. The first kappa shape index (κ1) is 20.5. The molecule has 3 fully saturated rings. The minimum Gasteiger partial charge on any atom is -0.334 e. The molecule has 7 heteroatoms. The summed E-state index contributed by atoms with van der Waals surface area (Å²) in [5.74, 6) is 0.501. The Morgan fingerprint density at radius 1 is 0.969 bits per heavy atom. The van der Waals surface area contributed by atoms with Crippen LogP contribution in [0.15, 0.2) is 10.9 Å². The van der Waals surface area contributed by atoms with E-state index in [4.69, 9.17) is 4.98 Å². The molecule has 1 saturated heterocycles. The molecular formula is C25H35N5O2. The van der Waals surface area contributed by atoms with Crippen LogP contribution in [0.2, 0.25) is 0 Å². The number of hydrogen-bond donors (Lipinski definition) is 1. The van der Waals surface area contributed by atoms with Crippen molar-refractivity contribution >= 4 is 11.6 Å². The second kappa shape index (κ2) is 8.32. The highest BCUT2D eigenvalue weighted by molar-refractivity contribution is 5.79. The maximum Gasteiger partial charge on any atom is 0.277 e. The monoisotopic (exact) mass is 437 g/mol. The highest BCUT2D eigenvalue weighted by atomic mass is 16.2. The summed E-state index contributed by atoms with van der Waals surface area (Å²) < 4.78 is 1.63. The number of carbonyl (C=O) groups excluding carboxylic acids is 1. The lowest BCUT2D eigenvalue weighted by molar-refractivity contribution is -0.137. The fourth-order valence-electron chi connectivity index (χ4n) is 6.71. The molecule has 2 saturated carbocycles. The van der Waals surface area contributed by atoms with Crippen molar-refractivity contribution in [1.29, 1.82) is 0 Å². The van der Waals surface area contributed by atoms with Crippen molar-refractivity contribution in [2.45, 2.75) is 95.7 Å². The van der Waals surface area contributed by atoms with Gasteiger partial charge in [-0.3, -0.25) is 19.6 Å². The van der Waals surface area contributed by atoms with E-state index in [1.54, 1.807) is 4.52 Å². The Kier molecular flexibility index (Phi) is 5.32. The van der Waals surface area contributed by atoms with E-state index in [0.717, 1.165) is 68.7 Å². The summed E-state index contributed by atoms with van der Waals surface area (Å²) in [7, 11) is 0. The van der Waals surface area contributed by atoms with E-state index < -0.39 is 0 Å². The summed E-state index contributed by atoms with van der Waals surface area (Å²) in [5.41, 5.74) is 3.54. The number of amides is 1. The van der Waals surface area contributed by atoms with Crippen LogP contribution in [-0.4, -0.2) is 49.4 Å². The molecule has 2 aliphatic heterocycles. The van der Waals surface area contributed by atoms with E-state index in [1.165, 1.54) is 44.9 Å². The van der Waals surface area contributed by atoms with Crippen molar-refractivity contribution in [2.24, 2.45) is 5.92 Å². The third-order valence-corrected chi connectivity index (χ3v) is 8.50. The first-order valence-electron chi connectivity index (χ1n) is 12.9. The molecule has 4 aliphatic rings. The van der Waals surface area contributed by atoms with Gasteiger partial charge < -0.3 is 4.90 Å². The molecule has 1 atom stereocenters. The minimum atomic E-state index is 0.0394. The Labute approximate surface area is 189 Å². The summed E-state index contributed by atoms with van der Waals surface area (Å²) in [6.45, 7) is 2.55. The molecule has 32 heavy (non-hydrogen) atoms. The van der Waals surface area contributed by atoms with Crippen LogP contribution in [-0.2, 0) is 17.8 Å². The SMILES string of the molecule is O=C(C1CCCCC1)N1CCCC1c1cc2nc3c(c(=O)n2[nH]1)CN(C1CCCC1)CC3. The lowest BCUT2D eigenvalue weighted by Crippen LogP contribution is -2.41. The quantitative estimate of drug-likeness (QED) is 0.797. The van der Waals surface area contributed by atoms with Crippen molar-refractivity contribution in [2.75, 3.05) is 13.1 Å². The molecule has 6 rings (SSSR count). The Hall–Kier alpha value is -2.15. The molecule has 172 valence electrons. The first-order valence-corrected chi connectivity index (χ1v) is 12.9. The number of H-pyrrole nitrogens is 1. The molecule has 2 aromatic heterocycles. The third-order valence-electron chi connectivity index (χ3n) is 8.50. The number of nitrogens with one attached hydrogen (secondary N) is 1. The third kappa shape index (κ3) is 3.49. The number of carbonyl (C=O) groups is 1. The number of likely N-dealkylation sites (tertiary alicyclic amines) is 1. The molecule has 0 aromatic carbocycles. The number of hydrogen-bond acceptors (Lipinski definition) is 4. The van der Waals surface area contributed by atoms with E-state index in [9.17, 15) is 9.59 Å². The van der Waals surface area contributed by atoms with Crippen LogP contribution in [0, 0.1) is 5.92 Å². The van der Waals surface area contributed by atoms with Gasteiger partial charge >= 0.3 is 0 Å². The predicted octanol–water partition coefficient (Wildman–Crippen LogP) is 3.57. The maximum absolute atomic E-state index is 13.4. The summed E-state index contributed by atoms with van der Waals surface area (Å²) in [6, 6.07) is 2.68. The smallest absolute Gasteiger partial charge is 0.277 e. The molecule has 1 amide bonds. The van der Waals surface area contributed by atoms with Crippen molar-refractivity contribution in [3.63, 3.8) is 0 Å². The first-order chi connectivity index (χ1) is 15.7. The standard InChI is InChI=1S/C25H35N5O2/c31-24(17-7-2-1-3-8-17)29-13-6-11-22(29)21-15-23-26-20-12-14-28(18-9-4-5-10-18)16-19(20)25(32)30(23)27-21/h15,17-18,22,27H,1-14,16H2. The lowest BCUT2D eigenvalue weighted by atomic mass is 9.88. The molecule has 4 heterocycles. The Morgan fingerprint density at radius 2 is 1.75 bits per heavy atom. The van der Waals surface area contributed by atoms with Crippen molar-refractivity contribution in [1.82, 2.24) is 24.4 Å². The van der Waals surface area contributed by atoms with Crippen molar-refractivity contribution in [3.05, 3.63) is 33.4 Å². The number of nitrogens with zero attached hydrogens (tertiary/aromatic N) is 4. The van der Waals surface area contributed by atoms with Gasteiger partial charge in [0.2, 0.25) is 5.91 Å². The zero-order valence-corrected chi connectivity index (χ0v) is 19.0. The zero-order chi connectivity index (χ0) is 21.7. The second-order valence-corrected chi connectivity index (χ2v) is 10.4. The number of aromatic amines is 1. The number of aromatic nitrogens is 3. The molecule has 0 spiro atoms. The molecule has 2 aromatic rings. The molecular weight excluding hydrogens is 402 g/mol. The van der Waals surface area contributed by atoms with Crippen LogP contribution < -0.4 is 5.56 Å². The van der Waals surface area contributed by atoms with Crippen LogP contribution >= 0.6 is 0 Å². The largest absolute Gasteiger partial charge is 0.334 e. The van der Waals surface area contributed by atoms with Gasteiger partial charge in [0.25, 0.3) is 5.56 Å². The fourth-order valence-corrected chi connectivity index (χ4v) is 6.71. The van der Waals surface area contributed by atoms with Crippen LogP contribution in [0.1, 0.15) is 93.6 Å². The average molecular weight is 438 g/mol. The molecule has 0 bridgehead atoms. The topological polar surface area (TPSA) is 73.7 Å². The molecule has 0 radical (unpaired) electrons. The molecule has 1 unspecified atom stereocenters. The minimum absolute atomic E-state index is 0.0394. The van der Waals surface area contributed by atoms with Gasteiger partial charge in [0, 0.05) is 44.1 Å². The van der Waals surface area contributed by atoms with Gasteiger partial charge in [-0.05, 0) is 38.5 Å². The maximum atomic E-state index is 13.4. The van der Waals surface area contributed by atoms with E-state index >= 15 is 0 Å². The number of fused-ring (bicyclic) bond motifs is 2. The van der Waals surface area contributed by atoms with Crippen LogP contribution in [0.25, 0.3) is 5.65 Å². The molecule has 7 nitrogen and oxygen atoms in total. The Bertz CT molecular complexity index is 1060. The van der Waals surface area contributed by atoms with Gasteiger partial charge in [0.05, 0.1) is 23.0 Å². The van der Waals surface area contributed by atoms with Gasteiger partial charge in [-0.1, -0.05) is 32.1 Å². The lowest BCUT2D eigenvalue weighted by Gasteiger charge is -2.32. The second-order valence-electron chi connectivity index (χ2n) is 10.4. The number of rotatable bonds is 3. The summed E-state index contributed by atoms with van der Waals surface area (Å²) in [4.78, 5) is 36.1. The van der Waals surface area contributed by atoms with E-state index in [-0.39, 0.29) is 17.5 Å². The molecule has 2 aliphatic carbocycles. The van der Waals surface area contributed by atoms with E-state index in [2.05, 4.69) is 14.9 Å². The summed E-state index contributed by atoms with van der Waals surface area (Å²) >= 11 is 0. The summed E-state index contributed by atoms with van der Waals surface area (Å²) in [5, 5.41) is 3.36. The van der Waals surface area contributed by atoms with Gasteiger partial charge in [0.15, 0.2) is 5.65 Å². The van der Waals surface area contributed by atoms with Crippen molar-refractivity contribution in [3.8, 4) is 0 Å². The van der Waals surface area contributed by atoms with Gasteiger partial charge in [-0.25, -0.2) is 9.50 Å². The Morgan fingerprint density at radius 3 is 2.56 bits per heavy atom. The average Bonchev–Trinajstić information content (AvgIpc) is 3.59. The van der Waals surface area contributed by atoms with E-state index in [1.807, 2.05) is 6.07 Å². The van der Waals surface area contributed by atoms with Crippen LogP contribution in [0.4, 0.5) is 0 Å². The Balaban J connectivity index is 1.28. The van der Waals surface area contributed by atoms with Gasteiger partial charge in [0.1, 0.15) is 0 Å². The van der Waals surface area contributed by atoms with Crippen molar-refractivity contribution < 1.29 is 4.79 Å². The van der Waals surface area contributed by atoms with Crippen LogP contribution in [0.3, 0.4) is 0 Å². The van der Waals surface area contributed by atoms with Gasteiger partial charge in [-0.15, -0.1) is 0 Å². The molecule has 1 N–H and O–H groups in total. The highest BCUT2D eigenvalue weighted by Gasteiger charge is 2.36. The predicted molar refractivity (Wildman–Crippen MR) is 122 cm³/mol. The van der Waals surface area contributed by atoms with E-state index in [0.29, 0.717) is 17.6 Å². The summed E-state index contributed by atoms with van der Waals surface area (Å²) in [6.07, 6.45) is 13.6. The normalized spacial score (nSPS) is 25.6. The van der Waals surface area contributed by atoms with Crippen LogP contribution in [0.5, 0.6) is 0 Å². The zero-order valence-electron chi connectivity index (χ0n) is 19.0.